The van der Waals surface area contributed by atoms with Crippen LogP contribution in [0.25, 0.3) is 0 Å². The van der Waals surface area contributed by atoms with Crippen molar-refractivity contribution < 1.29 is 38.7 Å². The summed E-state index contributed by atoms with van der Waals surface area (Å²) in [6.07, 6.45) is 0.0270. The molecule has 0 spiro atoms. The molecule has 1 aromatic carbocycles. The largest absolute Gasteiger partial charge is 0.497 e. The number of aliphatic carboxylic acids is 1. The number of carboxylic acids is 1. The Balaban J connectivity index is 1.84. The van der Waals surface area contributed by atoms with Crippen LogP contribution in [0.1, 0.15) is 73.7 Å². The van der Waals surface area contributed by atoms with E-state index in [-0.39, 0.29) is 47.9 Å². The quantitative estimate of drug-likeness (QED) is 0.325. The third kappa shape index (κ3) is 7.26. The van der Waals surface area contributed by atoms with Gasteiger partial charge in [0.05, 0.1) is 43.5 Å². The van der Waals surface area contributed by atoms with E-state index in [1.165, 1.54) is 0 Å². The summed E-state index contributed by atoms with van der Waals surface area (Å²) < 4.78 is 31.0. The molecule has 1 aromatic rings. The molecular weight excluding hydrogens is 512 g/mol. The van der Waals surface area contributed by atoms with Crippen LogP contribution < -0.4 is 4.74 Å². The van der Waals surface area contributed by atoms with E-state index in [9.17, 15) is 15.0 Å². The van der Waals surface area contributed by atoms with Crippen molar-refractivity contribution in [2.45, 2.75) is 104 Å². The number of hydrogen-bond donors (Lipinski definition) is 2. The smallest absolute Gasteiger partial charge is 0.308 e. The van der Waals surface area contributed by atoms with Crippen molar-refractivity contribution in [3.63, 3.8) is 0 Å². The monoisotopic (exact) mass is 562 g/mol. The van der Waals surface area contributed by atoms with Gasteiger partial charge in [0.1, 0.15) is 5.75 Å². The molecule has 0 radical (unpaired) electrons. The molecule has 2 aliphatic heterocycles. The maximum Gasteiger partial charge on any atom is 0.308 e. The molecule has 2 fully saturated rings. The molecule has 0 saturated carbocycles. The van der Waals surface area contributed by atoms with Gasteiger partial charge >= 0.3 is 5.97 Å². The van der Waals surface area contributed by atoms with Gasteiger partial charge in [-0.3, -0.25) is 4.79 Å². The first-order valence-electron chi connectivity index (χ1n) is 14.5. The zero-order valence-electron chi connectivity index (χ0n) is 25.6. The van der Waals surface area contributed by atoms with E-state index in [1.807, 2.05) is 52.0 Å². The summed E-state index contributed by atoms with van der Waals surface area (Å²) in [7, 11) is 1.63. The number of ether oxygens (including phenoxy) is 5. The van der Waals surface area contributed by atoms with E-state index < -0.39 is 36.2 Å². The molecule has 0 aromatic heterocycles. The fourth-order valence-corrected chi connectivity index (χ4v) is 6.61. The lowest BCUT2D eigenvalue weighted by molar-refractivity contribution is -0.334. The number of aliphatic hydroxyl groups excluding tert-OH is 1. The topological polar surface area (TPSA) is 104 Å². The van der Waals surface area contributed by atoms with Crippen LogP contribution in [0.15, 0.2) is 36.9 Å². The highest BCUT2D eigenvalue weighted by molar-refractivity contribution is 5.70. The number of aliphatic hydroxyl groups is 1. The minimum Gasteiger partial charge on any atom is -0.497 e. The van der Waals surface area contributed by atoms with Crippen molar-refractivity contribution in [1.82, 2.24) is 0 Å². The number of carbonyl (C=O) groups is 1. The molecule has 3 rings (SSSR count). The Morgan fingerprint density at radius 2 is 1.50 bits per heavy atom. The second-order valence-electron chi connectivity index (χ2n) is 12.5. The molecule has 0 bridgehead atoms. The van der Waals surface area contributed by atoms with Crippen molar-refractivity contribution >= 4 is 5.97 Å². The molecule has 12 atom stereocenters. The van der Waals surface area contributed by atoms with Gasteiger partial charge in [-0.05, 0) is 51.2 Å². The summed E-state index contributed by atoms with van der Waals surface area (Å²) in [5.74, 6) is -1.68. The third-order valence-corrected chi connectivity index (χ3v) is 8.91. The molecular formula is C32H50O8. The van der Waals surface area contributed by atoms with Gasteiger partial charge in [-0.2, -0.15) is 0 Å². The molecule has 226 valence electrons. The van der Waals surface area contributed by atoms with Crippen LogP contribution >= 0.6 is 0 Å². The normalized spacial score (nSPS) is 34.2. The van der Waals surface area contributed by atoms with Crippen LogP contribution in [0.5, 0.6) is 5.75 Å². The van der Waals surface area contributed by atoms with E-state index in [4.69, 9.17) is 23.7 Å². The summed E-state index contributed by atoms with van der Waals surface area (Å²) in [4.78, 5) is 11.8. The molecule has 0 aliphatic carbocycles. The van der Waals surface area contributed by atoms with Gasteiger partial charge in [0.2, 0.25) is 0 Å². The Kier molecular flexibility index (Phi) is 10.9. The summed E-state index contributed by atoms with van der Waals surface area (Å²) in [5, 5.41) is 20.3. The fourth-order valence-electron chi connectivity index (χ4n) is 6.61. The zero-order chi connectivity index (χ0) is 29.9. The highest BCUT2D eigenvalue weighted by Crippen LogP contribution is 2.43. The Labute approximate surface area is 240 Å². The molecule has 40 heavy (non-hydrogen) atoms. The van der Waals surface area contributed by atoms with Gasteiger partial charge in [0, 0.05) is 23.3 Å². The van der Waals surface area contributed by atoms with E-state index in [0.29, 0.717) is 0 Å². The molecule has 2 saturated heterocycles. The third-order valence-electron chi connectivity index (χ3n) is 8.91. The van der Waals surface area contributed by atoms with Crippen LogP contribution in [0.3, 0.4) is 0 Å². The van der Waals surface area contributed by atoms with Crippen LogP contribution in [0, 0.1) is 35.5 Å². The van der Waals surface area contributed by atoms with Crippen LogP contribution in [0.2, 0.25) is 0 Å². The lowest BCUT2D eigenvalue weighted by Gasteiger charge is -2.49. The van der Waals surface area contributed by atoms with E-state index >= 15 is 0 Å². The van der Waals surface area contributed by atoms with Crippen LogP contribution in [-0.4, -0.2) is 59.6 Å². The van der Waals surface area contributed by atoms with E-state index in [1.54, 1.807) is 20.1 Å². The van der Waals surface area contributed by atoms with Crippen molar-refractivity contribution in [3.8, 4) is 5.75 Å². The Morgan fingerprint density at radius 3 is 2.05 bits per heavy atom. The van der Waals surface area contributed by atoms with Gasteiger partial charge in [-0.25, -0.2) is 0 Å². The second-order valence-corrected chi connectivity index (χ2v) is 12.5. The minimum absolute atomic E-state index is 0.00514. The first-order chi connectivity index (χ1) is 18.7. The Bertz CT molecular complexity index is 978. The predicted molar refractivity (Wildman–Crippen MR) is 153 cm³/mol. The molecule has 2 aliphatic rings. The van der Waals surface area contributed by atoms with Gasteiger partial charge in [-0.1, -0.05) is 52.8 Å². The number of hydrogen-bond acceptors (Lipinski definition) is 7. The standard InChI is InChI=1S/C32H50O8/c1-11-25(33)19(4)28-20(5)26(37-31(38-28)23-12-14-24(36-10)15-13-23)17(2)16-18(3)27-21(6)29(22(7)30(34)35)40-32(8,9)39-27/h11-15,17-22,25-29,31,33H,1,16H2,2-10H3,(H,34,35)/t17-,18+,19+,20+,21-,22-,25-,26+,27+,28+,29+,31?/m1/s1. The fraction of sp³-hybridized carbons (Fsp3) is 0.719. The Morgan fingerprint density at radius 1 is 0.975 bits per heavy atom. The minimum atomic E-state index is -0.883. The molecule has 8 nitrogen and oxygen atoms in total. The molecule has 0 amide bonds. The lowest BCUT2D eigenvalue weighted by atomic mass is 9.75. The van der Waals surface area contributed by atoms with Crippen molar-refractivity contribution in [3.05, 3.63) is 42.5 Å². The zero-order valence-corrected chi connectivity index (χ0v) is 25.6. The van der Waals surface area contributed by atoms with E-state index in [2.05, 4.69) is 27.4 Å². The summed E-state index contributed by atoms with van der Waals surface area (Å²) in [6, 6.07) is 7.66. The van der Waals surface area contributed by atoms with Gasteiger partial charge < -0.3 is 33.9 Å². The Hall–Kier alpha value is -1.97. The van der Waals surface area contributed by atoms with Crippen LogP contribution in [0.4, 0.5) is 0 Å². The highest BCUT2D eigenvalue weighted by Gasteiger charge is 2.48. The maximum atomic E-state index is 11.8. The van der Waals surface area contributed by atoms with E-state index in [0.717, 1.165) is 17.7 Å². The predicted octanol–water partition coefficient (Wildman–Crippen LogP) is 5.84. The molecule has 1 unspecified atom stereocenters. The van der Waals surface area contributed by atoms with Crippen molar-refractivity contribution in [2.24, 2.45) is 35.5 Å². The molecule has 2 heterocycles. The molecule has 8 heteroatoms. The summed E-state index contributed by atoms with van der Waals surface area (Å²) in [6.45, 7) is 19.7. The second kappa shape index (κ2) is 13.3. The number of rotatable bonds is 11. The first-order valence-corrected chi connectivity index (χ1v) is 14.5. The average molecular weight is 563 g/mol. The van der Waals surface area contributed by atoms with Crippen molar-refractivity contribution in [2.75, 3.05) is 7.11 Å². The average Bonchev–Trinajstić information content (AvgIpc) is 2.92. The summed E-state index contributed by atoms with van der Waals surface area (Å²) >= 11 is 0. The van der Waals surface area contributed by atoms with Gasteiger partial charge in [0.15, 0.2) is 12.1 Å². The molecule has 2 N–H and O–H groups in total. The maximum absolute atomic E-state index is 11.8. The highest BCUT2D eigenvalue weighted by atomic mass is 16.7. The SMILES string of the molecule is C=C[C@@H](O)[C@H](C)[C@@H]1OC(c2ccc(OC)cc2)O[C@@H]([C@H](C)C[C@H](C)[C@@H]2OC(C)(C)O[C@H]([C@@H](C)C(=O)O)[C@@H]2C)[C@@H]1C. The lowest BCUT2D eigenvalue weighted by Crippen LogP contribution is -2.55. The van der Waals surface area contributed by atoms with Gasteiger partial charge in [0.25, 0.3) is 0 Å². The number of methoxy groups -OCH3 is 1. The van der Waals surface area contributed by atoms with Crippen LogP contribution in [-0.2, 0) is 23.7 Å². The number of benzene rings is 1. The summed E-state index contributed by atoms with van der Waals surface area (Å²) in [5.41, 5.74) is 0.886. The first kappa shape index (κ1) is 32.5. The van der Waals surface area contributed by atoms with Gasteiger partial charge in [-0.15, -0.1) is 6.58 Å². The van der Waals surface area contributed by atoms with Crippen molar-refractivity contribution in [1.29, 1.82) is 0 Å². The number of carboxylic acid groups (broad SMARTS) is 1.